The molecule has 0 radical (unpaired) electrons. The van der Waals surface area contributed by atoms with E-state index < -0.39 is 0 Å². The average molecular weight is 252 g/mol. The molecule has 0 spiro atoms. The lowest BCUT2D eigenvalue weighted by Gasteiger charge is -2.11. The van der Waals surface area contributed by atoms with E-state index in [9.17, 15) is 0 Å². The van der Waals surface area contributed by atoms with Crippen molar-refractivity contribution in [3.05, 3.63) is 16.1 Å². The van der Waals surface area contributed by atoms with Gasteiger partial charge in [0, 0.05) is 0 Å². The molecule has 5 heteroatoms. The lowest BCUT2D eigenvalue weighted by molar-refractivity contribution is 0.583. The van der Waals surface area contributed by atoms with Gasteiger partial charge in [-0.15, -0.1) is 11.3 Å². The van der Waals surface area contributed by atoms with Crippen LogP contribution in [0, 0.1) is 6.92 Å². The fourth-order valence-electron chi connectivity index (χ4n) is 2.26. The number of nitrogens with zero attached hydrogens (tertiary/aromatic N) is 2. The number of hydrogen-bond donors (Lipinski definition) is 2. The van der Waals surface area contributed by atoms with Crippen molar-refractivity contribution in [1.82, 2.24) is 10.4 Å². The van der Waals surface area contributed by atoms with Crippen molar-refractivity contribution in [2.24, 2.45) is 10.8 Å². The van der Waals surface area contributed by atoms with Crippen molar-refractivity contribution >= 4 is 17.2 Å². The predicted octanol–water partition coefficient (Wildman–Crippen LogP) is 2.38. The van der Waals surface area contributed by atoms with E-state index in [4.69, 9.17) is 10.8 Å². The molecule has 4 nitrogen and oxygen atoms in total. The Bertz CT molecular complexity index is 378. The third-order valence-corrected chi connectivity index (χ3v) is 4.17. The van der Waals surface area contributed by atoms with Crippen molar-refractivity contribution in [2.75, 3.05) is 0 Å². The summed E-state index contributed by atoms with van der Waals surface area (Å²) in [6.45, 7) is 1.99. The zero-order chi connectivity index (χ0) is 12.1. The molecule has 1 aliphatic rings. The van der Waals surface area contributed by atoms with E-state index in [0.29, 0.717) is 6.04 Å². The summed E-state index contributed by atoms with van der Waals surface area (Å²) >= 11 is 1.59. The first-order valence-corrected chi connectivity index (χ1v) is 7.14. The summed E-state index contributed by atoms with van der Waals surface area (Å²) in [4.78, 5) is 10.1. The summed E-state index contributed by atoms with van der Waals surface area (Å²) in [6.07, 6.45) is 7.63. The van der Waals surface area contributed by atoms with Crippen LogP contribution in [0.2, 0.25) is 0 Å². The van der Waals surface area contributed by atoms with Gasteiger partial charge in [-0.1, -0.05) is 25.7 Å². The zero-order valence-corrected chi connectivity index (χ0v) is 11.1. The molecule has 1 heterocycles. The van der Waals surface area contributed by atoms with Gasteiger partial charge in [0.1, 0.15) is 0 Å². The van der Waals surface area contributed by atoms with Crippen LogP contribution in [0.5, 0.6) is 0 Å². The molecule has 1 aromatic rings. The number of hydrogen-bond acceptors (Lipinski definition) is 4. The quantitative estimate of drug-likeness (QED) is 0.279. The van der Waals surface area contributed by atoms with Crippen LogP contribution in [0.15, 0.2) is 10.5 Å². The Morgan fingerprint density at radius 3 is 2.65 bits per heavy atom. The summed E-state index contributed by atoms with van der Waals surface area (Å²) in [7, 11) is 0. The number of rotatable bonds is 2. The minimum atomic E-state index is 0.421. The van der Waals surface area contributed by atoms with E-state index in [0.717, 1.165) is 16.4 Å². The molecule has 0 aliphatic heterocycles. The van der Waals surface area contributed by atoms with Crippen LogP contribution >= 0.6 is 11.3 Å². The molecule has 2 rings (SSSR count). The maximum absolute atomic E-state index is 5.59. The molecule has 0 bridgehead atoms. The molecule has 0 aromatic carbocycles. The van der Waals surface area contributed by atoms with Crippen LogP contribution < -0.4 is 11.3 Å². The van der Waals surface area contributed by atoms with E-state index in [-0.39, 0.29) is 0 Å². The second kappa shape index (κ2) is 6.12. The van der Waals surface area contributed by atoms with Crippen LogP contribution in [-0.4, -0.2) is 16.9 Å². The number of aryl methyl sites for hydroxylation is 1. The summed E-state index contributed by atoms with van der Waals surface area (Å²) in [5.41, 5.74) is 5.57. The highest BCUT2D eigenvalue weighted by molar-refractivity contribution is 7.12. The van der Waals surface area contributed by atoms with Crippen molar-refractivity contribution in [3.8, 4) is 0 Å². The van der Waals surface area contributed by atoms with Gasteiger partial charge in [-0.05, 0) is 19.8 Å². The van der Waals surface area contributed by atoms with Crippen molar-refractivity contribution < 1.29 is 0 Å². The lowest BCUT2D eigenvalue weighted by Crippen LogP contribution is -2.32. The summed E-state index contributed by atoms with van der Waals surface area (Å²) in [6, 6.07) is 0.421. The van der Waals surface area contributed by atoms with E-state index in [1.54, 1.807) is 11.3 Å². The lowest BCUT2D eigenvalue weighted by atomic mass is 10.1. The number of amidine groups is 1. The topological polar surface area (TPSA) is 63.3 Å². The van der Waals surface area contributed by atoms with Gasteiger partial charge in [-0.2, -0.15) is 0 Å². The van der Waals surface area contributed by atoms with Gasteiger partial charge in [0.2, 0.25) is 0 Å². The first kappa shape index (κ1) is 12.5. The molecule has 0 unspecified atom stereocenters. The molecule has 1 aromatic heterocycles. The van der Waals surface area contributed by atoms with Gasteiger partial charge in [-0.3, -0.25) is 4.99 Å². The molecule has 1 aliphatic carbocycles. The van der Waals surface area contributed by atoms with Crippen molar-refractivity contribution in [2.45, 2.75) is 51.5 Å². The van der Waals surface area contributed by atoms with Crippen LogP contribution in [-0.2, 0) is 0 Å². The Kier molecular flexibility index (Phi) is 4.50. The molecule has 3 N–H and O–H groups in total. The molecular formula is C12H20N4S. The second-order valence-corrected chi connectivity index (χ2v) is 5.39. The van der Waals surface area contributed by atoms with Crippen LogP contribution in [0.1, 0.15) is 49.1 Å². The van der Waals surface area contributed by atoms with Crippen LogP contribution in [0.4, 0.5) is 0 Å². The molecule has 17 heavy (non-hydrogen) atoms. The highest BCUT2D eigenvalue weighted by Crippen LogP contribution is 2.21. The fourth-order valence-corrected chi connectivity index (χ4v) is 3.02. The largest absolute Gasteiger partial charge is 0.308 e. The highest BCUT2D eigenvalue weighted by Gasteiger charge is 2.14. The van der Waals surface area contributed by atoms with Crippen molar-refractivity contribution in [3.63, 3.8) is 0 Å². The molecule has 0 atom stereocenters. The Balaban J connectivity index is 2.14. The molecule has 1 saturated carbocycles. The fraction of sp³-hybridized carbons (Fsp3) is 0.667. The van der Waals surface area contributed by atoms with Gasteiger partial charge in [0.15, 0.2) is 5.84 Å². The maximum atomic E-state index is 5.59. The monoisotopic (exact) mass is 252 g/mol. The second-order valence-electron chi connectivity index (χ2n) is 4.53. The molecule has 94 valence electrons. The third-order valence-electron chi connectivity index (χ3n) is 3.23. The minimum Gasteiger partial charge on any atom is -0.308 e. The molecular weight excluding hydrogens is 232 g/mol. The predicted molar refractivity (Wildman–Crippen MR) is 72.2 cm³/mol. The molecule has 0 amide bonds. The minimum absolute atomic E-state index is 0.421. The number of hydrazine groups is 1. The number of thiazole rings is 1. The SMILES string of the molecule is Cc1ncsc1C(=NC1CCCCCC1)NN. The molecule has 1 fully saturated rings. The summed E-state index contributed by atoms with van der Waals surface area (Å²) in [5.74, 6) is 6.39. The van der Waals surface area contributed by atoms with E-state index >= 15 is 0 Å². The third kappa shape index (κ3) is 3.26. The Hall–Kier alpha value is -0.940. The number of aromatic nitrogens is 1. The average Bonchev–Trinajstić information content (AvgIpc) is 2.62. The van der Waals surface area contributed by atoms with Crippen LogP contribution in [0.3, 0.4) is 0 Å². The maximum Gasteiger partial charge on any atom is 0.154 e. The standard InChI is InChI=1S/C12H20N4S/c1-9-11(17-8-14-9)12(16-13)15-10-6-4-2-3-5-7-10/h8,10H,2-7,13H2,1H3,(H,15,16). The van der Waals surface area contributed by atoms with Gasteiger partial charge in [-0.25, -0.2) is 10.8 Å². The summed E-state index contributed by atoms with van der Waals surface area (Å²) in [5, 5.41) is 0. The van der Waals surface area contributed by atoms with E-state index in [1.165, 1.54) is 38.5 Å². The Labute approximate surface area is 106 Å². The molecule has 0 saturated heterocycles. The van der Waals surface area contributed by atoms with E-state index in [1.807, 2.05) is 12.4 Å². The van der Waals surface area contributed by atoms with Gasteiger partial charge >= 0.3 is 0 Å². The zero-order valence-electron chi connectivity index (χ0n) is 10.3. The van der Waals surface area contributed by atoms with Crippen LogP contribution in [0.25, 0.3) is 0 Å². The smallest absolute Gasteiger partial charge is 0.154 e. The van der Waals surface area contributed by atoms with Gasteiger partial charge < -0.3 is 5.43 Å². The van der Waals surface area contributed by atoms with Gasteiger partial charge in [0.25, 0.3) is 0 Å². The number of nitrogens with two attached hydrogens (primary N) is 1. The van der Waals surface area contributed by atoms with Crippen molar-refractivity contribution in [1.29, 1.82) is 0 Å². The summed E-state index contributed by atoms with van der Waals surface area (Å²) < 4.78 is 0. The highest BCUT2D eigenvalue weighted by atomic mass is 32.1. The first-order valence-electron chi connectivity index (χ1n) is 6.26. The normalized spacial score (nSPS) is 19.1. The van der Waals surface area contributed by atoms with E-state index in [2.05, 4.69) is 10.4 Å². The first-order chi connectivity index (χ1) is 8.31. The van der Waals surface area contributed by atoms with Gasteiger partial charge in [0.05, 0.1) is 22.1 Å². The number of nitrogens with one attached hydrogen (secondary N) is 1. The number of aliphatic imine (C=N–C) groups is 1. The Morgan fingerprint density at radius 1 is 1.41 bits per heavy atom. The Morgan fingerprint density at radius 2 is 2.12 bits per heavy atom.